The average Bonchev–Trinajstić information content (AvgIpc) is 3.95. The van der Waals surface area contributed by atoms with Crippen molar-refractivity contribution < 1.29 is 90.5 Å². The second kappa shape index (κ2) is 43.8. The Labute approximate surface area is 490 Å². The number of alkyl carbamates (subject to hydrolysis) is 1. The Hall–Kier alpha value is -5.80. The number of benzene rings is 1. The van der Waals surface area contributed by atoms with E-state index in [4.69, 9.17) is 52.1 Å². The van der Waals surface area contributed by atoms with Crippen molar-refractivity contribution in [3.05, 3.63) is 42.0 Å². The number of hydrogen-bond donors (Lipinski definition) is 5. The molecule has 0 saturated heterocycles. The Balaban J connectivity index is 1.37. The minimum absolute atomic E-state index is 0.0463. The van der Waals surface area contributed by atoms with Gasteiger partial charge in [-0.2, -0.15) is 0 Å². The molecule has 0 spiro atoms. The number of rotatable bonds is 47. The van der Waals surface area contributed by atoms with Crippen molar-refractivity contribution in [3.8, 4) is 0 Å². The van der Waals surface area contributed by atoms with Crippen LogP contribution in [0.1, 0.15) is 112 Å². The first-order valence-corrected chi connectivity index (χ1v) is 28.9. The van der Waals surface area contributed by atoms with Crippen molar-refractivity contribution in [3.63, 3.8) is 0 Å². The summed E-state index contributed by atoms with van der Waals surface area (Å²) in [6, 6.07) is 5.94. The van der Waals surface area contributed by atoms with E-state index in [0.29, 0.717) is 137 Å². The third kappa shape index (κ3) is 39.4. The molecule has 25 heteroatoms. The quantitative estimate of drug-likeness (QED) is 0.0258. The first-order valence-electron chi connectivity index (χ1n) is 28.9. The summed E-state index contributed by atoms with van der Waals surface area (Å²) in [5.41, 5.74) is 0.0741. The van der Waals surface area contributed by atoms with E-state index < -0.39 is 53.2 Å². The van der Waals surface area contributed by atoms with Crippen molar-refractivity contribution in [1.82, 2.24) is 26.2 Å². The number of ether oxygens (including phenoxy) is 11. The molecule has 7 amide bonds. The number of anilines is 1. The van der Waals surface area contributed by atoms with Crippen molar-refractivity contribution in [2.45, 2.75) is 136 Å². The van der Waals surface area contributed by atoms with Crippen LogP contribution < -0.4 is 26.6 Å². The molecule has 0 saturated carbocycles. The molecule has 2 rings (SSSR count). The summed E-state index contributed by atoms with van der Waals surface area (Å²) < 4.78 is 60.1. The van der Waals surface area contributed by atoms with E-state index in [1.165, 1.54) is 12.2 Å². The van der Waals surface area contributed by atoms with Gasteiger partial charge in [0.25, 0.3) is 11.8 Å². The Morgan fingerprint density at radius 1 is 0.554 bits per heavy atom. The van der Waals surface area contributed by atoms with Crippen LogP contribution in [0.25, 0.3) is 0 Å². The summed E-state index contributed by atoms with van der Waals surface area (Å²) in [4.78, 5) is 99.8. The molecular formula is C58H96N6O19. The molecular weight excluding hydrogens is 1080 g/mol. The van der Waals surface area contributed by atoms with Gasteiger partial charge in [0, 0.05) is 49.9 Å². The van der Waals surface area contributed by atoms with Gasteiger partial charge in [0.1, 0.15) is 30.5 Å². The lowest BCUT2D eigenvalue weighted by Gasteiger charge is -2.27. The van der Waals surface area contributed by atoms with Crippen LogP contribution in [0.3, 0.4) is 0 Å². The zero-order chi connectivity index (χ0) is 61.1. The minimum atomic E-state index is -0.740. The highest BCUT2D eigenvalue weighted by molar-refractivity contribution is 6.12. The molecule has 0 bridgehead atoms. The van der Waals surface area contributed by atoms with Crippen LogP contribution in [0.4, 0.5) is 15.3 Å². The fraction of sp³-hybridized carbons (Fsp3) is 0.724. The molecule has 83 heavy (non-hydrogen) atoms. The van der Waals surface area contributed by atoms with Crippen molar-refractivity contribution in [2.75, 3.05) is 137 Å². The number of carbonyl (C=O) groups excluding carboxylic acids is 8. The third-order valence-corrected chi connectivity index (χ3v) is 11.6. The fourth-order valence-electron chi connectivity index (χ4n) is 7.50. The van der Waals surface area contributed by atoms with E-state index in [0.717, 1.165) is 23.3 Å². The first kappa shape index (κ1) is 73.3. The van der Waals surface area contributed by atoms with Crippen molar-refractivity contribution >= 4 is 53.4 Å². The van der Waals surface area contributed by atoms with Gasteiger partial charge in [-0.15, -0.1) is 0 Å². The van der Waals surface area contributed by atoms with Crippen LogP contribution >= 0.6 is 0 Å². The number of imide groups is 1. The molecule has 25 nitrogen and oxygen atoms in total. The predicted molar refractivity (Wildman–Crippen MR) is 306 cm³/mol. The number of unbranched alkanes of at least 4 members (excludes halogenated alkanes) is 2. The highest BCUT2D eigenvalue weighted by Crippen LogP contribution is 2.19. The van der Waals surface area contributed by atoms with Crippen molar-refractivity contribution in [1.29, 1.82) is 0 Å². The van der Waals surface area contributed by atoms with Gasteiger partial charge in [0.15, 0.2) is 0 Å². The topological polar surface area (TPSA) is 301 Å². The van der Waals surface area contributed by atoms with Crippen LogP contribution in [-0.4, -0.2) is 208 Å². The van der Waals surface area contributed by atoms with E-state index >= 15 is 0 Å². The van der Waals surface area contributed by atoms with Crippen LogP contribution in [0.15, 0.2) is 36.4 Å². The number of esters is 1. The van der Waals surface area contributed by atoms with Gasteiger partial charge in [0.05, 0.1) is 105 Å². The molecule has 472 valence electrons. The molecule has 0 aromatic heterocycles. The van der Waals surface area contributed by atoms with Crippen LogP contribution in [0, 0.1) is 5.92 Å². The Morgan fingerprint density at radius 2 is 1.05 bits per heavy atom. The smallest absolute Gasteiger partial charge is 0.411 e. The lowest BCUT2D eigenvalue weighted by atomic mass is 9.96. The first-order chi connectivity index (χ1) is 39.6. The molecule has 0 unspecified atom stereocenters. The van der Waals surface area contributed by atoms with E-state index in [-0.39, 0.29) is 69.5 Å². The van der Waals surface area contributed by atoms with Gasteiger partial charge in [-0.25, -0.2) is 9.59 Å². The molecule has 1 aliphatic rings. The summed E-state index contributed by atoms with van der Waals surface area (Å²) in [5, 5.41) is 14.0. The SMILES string of the molecule is CCCCNC(=O)[C@H](CCCCNC(=O)COCCOCCOCCOCCOCCOCCOCCOCCOC(=O)Nc1ccc(C[C@@H](C[C@H](C)C(=O)OC(C)(C)C)NC(=O)OC(C)(C)C)cc1)NC(=O)CCCN1C(=O)C=CC1=O. The average molecular weight is 1180 g/mol. The molecule has 1 heterocycles. The second-order valence-electron chi connectivity index (χ2n) is 21.4. The molecule has 1 aliphatic heterocycles. The normalized spacial score (nSPS) is 13.5. The molecule has 0 radical (unpaired) electrons. The monoisotopic (exact) mass is 1180 g/mol. The zero-order valence-electron chi connectivity index (χ0n) is 50.4. The Kier molecular flexibility index (Phi) is 38.7. The third-order valence-electron chi connectivity index (χ3n) is 11.6. The minimum Gasteiger partial charge on any atom is -0.460 e. The molecule has 0 fully saturated rings. The van der Waals surface area contributed by atoms with Gasteiger partial charge >= 0.3 is 18.2 Å². The molecule has 3 atom stereocenters. The van der Waals surface area contributed by atoms with Crippen LogP contribution in [0.2, 0.25) is 0 Å². The number of nitrogens with one attached hydrogen (secondary N) is 5. The van der Waals surface area contributed by atoms with Gasteiger partial charge < -0.3 is 73.4 Å². The number of hydrogen-bond acceptors (Lipinski definition) is 19. The molecule has 0 aliphatic carbocycles. The zero-order valence-corrected chi connectivity index (χ0v) is 50.4. The lowest BCUT2D eigenvalue weighted by Crippen LogP contribution is -2.47. The number of nitrogens with zero attached hydrogens (tertiary/aromatic N) is 1. The Bertz CT molecular complexity index is 2050. The van der Waals surface area contributed by atoms with Crippen LogP contribution in [0.5, 0.6) is 0 Å². The Morgan fingerprint density at radius 3 is 1.55 bits per heavy atom. The molecule has 5 N–H and O–H groups in total. The summed E-state index contributed by atoms with van der Waals surface area (Å²) in [6.07, 6.45) is 5.52. The van der Waals surface area contributed by atoms with Gasteiger partial charge in [-0.05, 0) is 104 Å². The van der Waals surface area contributed by atoms with Gasteiger partial charge in [-0.1, -0.05) is 32.4 Å². The maximum absolute atomic E-state index is 12.8. The summed E-state index contributed by atoms with van der Waals surface area (Å²) in [6.45, 7) is 20.8. The van der Waals surface area contributed by atoms with E-state index in [1.54, 1.807) is 60.6 Å². The maximum atomic E-state index is 12.8. The van der Waals surface area contributed by atoms with Crippen molar-refractivity contribution in [2.24, 2.45) is 5.92 Å². The number of carbonyl (C=O) groups is 8. The molecule has 1 aromatic carbocycles. The van der Waals surface area contributed by atoms with E-state index in [2.05, 4.69) is 26.6 Å². The molecule has 1 aromatic rings. The van der Waals surface area contributed by atoms with E-state index in [9.17, 15) is 38.4 Å². The number of amides is 7. The van der Waals surface area contributed by atoms with E-state index in [1.807, 2.05) is 19.1 Å². The highest BCUT2D eigenvalue weighted by Gasteiger charge is 2.28. The summed E-state index contributed by atoms with van der Waals surface area (Å²) >= 11 is 0. The maximum Gasteiger partial charge on any atom is 0.411 e. The largest absolute Gasteiger partial charge is 0.460 e. The second-order valence-corrected chi connectivity index (χ2v) is 21.4. The van der Waals surface area contributed by atoms with Crippen LogP contribution in [-0.2, 0) is 87.3 Å². The van der Waals surface area contributed by atoms with Gasteiger partial charge in [0.2, 0.25) is 17.7 Å². The fourth-order valence-corrected chi connectivity index (χ4v) is 7.50. The highest BCUT2D eigenvalue weighted by atomic mass is 16.6. The summed E-state index contributed by atoms with van der Waals surface area (Å²) in [7, 11) is 0. The van der Waals surface area contributed by atoms with Gasteiger partial charge in [-0.3, -0.25) is 39.0 Å². The summed E-state index contributed by atoms with van der Waals surface area (Å²) in [5.74, 6) is -2.53. The standard InChI is InChI=1S/C58H96N6O19/c1-9-10-22-60-53(69)48(63-49(65)15-13-24-64-51(67)20-21-52(64)68)14-11-12-23-59-50(66)43-80-38-37-78-34-33-76-30-29-74-26-25-73-27-28-75-31-32-77-35-36-79-39-40-81-55(71)61-46-18-16-45(17-19-46)42-47(62-56(72)83-58(6,7)8)41-44(2)54(70)82-57(3,4)5/h16-21,44,47-48H,9-15,22-43H2,1-8H3,(H,59,66)(H,60,69)(H,61,71)(H,62,72)(H,63,65)/t44-,47+,48-/m0/s1. The lowest BCUT2D eigenvalue weighted by molar-refractivity contribution is -0.159. The predicted octanol–water partition coefficient (Wildman–Crippen LogP) is 4.56.